The third-order valence-corrected chi connectivity index (χ3v) is 5.91. The van der Waals surface area contributed by atoms with E-state index < -0.39 is 0 Å². The Hall–Kier alpha value is -2.13. The zero-order chi connectivity index (χ0) is 16.5. The van der Waals surface area contributed by atoms with Gasteiger partial charge in [0, 0.05) is 35.9 Å². The molecule has 0 bridgehead atoms. The van der Waals surface area contributed by atoms with Crippen molar-refractivity contribution < 1.29 is 0 Å². The summed E-state index contributed by atoms with van der Waals surface area (Å²) in [6, 6.07) is 17.4. The van der Waals surface area contributed by atoms with Crippen LogP contribution in [-0.2, 0) is 0 Å². The lowest BCUT2D eigenvalue weighted by atomic mass is 9.99. The number of allylic oxidation sites excluding steroid dienone is 2. The van der Waals surface area contributed by atoms with Crippen LogP contribution in [0.5, 0.6) is 0 Å². The fourth-order valence-corrected chi connectivity index (χ4v) is 4.62. The van der Waals surface area contributed by atoms with E-state index in [9.17, 15) is 0 Å². The Morgan fingerprint density at radius 2 is 1.79 bits per heavy atom. The monoisotopic (exact) mass is 334 g/mol. The predicted octanol–water partition coefficient (Wildman–Crippen LogP) is 5.38. The van der Waals surface area contributed by atoms with Gasteiger partial charge in [0.1, 0.15) is 0 Å². The van der Waals surface area contributed by atoms with E-state index in [0.717, 1.165) is 13.0 Å². The van der Waals surface area contributed by atoms with Gasteiger partial charge in [-0.05, 0) is 42.3 Å². The molecule has 2 aromatic rings. The smallest absolute Gasteiger partial charge is 0.0988 e. The van der Waals surface area contributed by atoms with Crippen molar-refractivity contribution in [1.29, 1.82) is 0 Å². The van der Waals surface area contributed by atoms with Crippen LogP contribution in [0.1, 0.15) is 18.9 Å². The topological polar surface area (TPSA) is 6.48 Å². The number of rotatable bonds is 3. The molecule has 0 spiro atoms. The van der Waals surface area contributed by atoms with Gasteiger partial charge in [0.25, 0.3) is 0 Å². The summed E-state index contributed by atoms with van der Waals surface area (Å²) in [6.45, 7) is 3.29. The predicted molar refractivity (Wildman–Crippen MR) is 106 cm³/mol. The van der Waals surface area contributed by atoms with Crippen molar-refractivity contribution in [1.82, 2.24) is 0 Å². The molecule has 2 aliphatic heterocycles. The molecule has 2 heterocycles. The van der Waals surface area contributed by atoms with Crippen molar-refractivity contribution in [3.8, 4) is 0 Å². The summed E-state index contributed by atoms with van der Waals surface area (Å²) in [5, 5.41) is 0.341. The minimum absolute atomic E-state index is 0.341. The number of hydrogen-bond acceptors (Lipinski definition) is 3. The van der Waals surface area contributed by atoms with Gasteiger partial charge in [-0.1, -0.05) is 49.0 Å². The lowest BCUT2D eigenvalue weighted by Crippen LogP contribution is -2.24. The fourth-order valence-electron chi connectivity index (χ4n) is 3.38. The van der Waals surface area contributed by atoms with Crippen LogP contribution in [0.15, 0.2) is 71.8 Å². The molecule has 1 unspecified atom stereocenters. The minimum atomic E-state index is 0.341. The molecule has 2 nitrogen and oxygen atoms in total. The summed E-state index contributed by atoms with van der Waals surface area (Å²) in [4.78, 5) is 6.08. The summed E-state index contributed by atoms with van der Waals surface area (Å²) >= 11 is 1.93. The normalized spacial score (nSPS) is 20.4. The van der Waals surface area contributed by atoms with Crippen molar-refractivity contribution in [2.75, 3.05) is 23.4 Å². The first-order valence-electron chi connectivity index (χ1n) is 8.52. The maximum atomic E-state index is 2.39. The van der Waals surface area contributed by atoms with Crippen LogP contribution in [0.4, 0.5) is 11.4 Å². The molecular formula is C21H22N2S. The third kappa shape index (κ3) is 2.63. The molecule has 4 rings (SSSR count). The Labute approximate surface area is 148 Å². The molecular weight excluding hydrogens is 312 g/mol. The molecule has 24 heavy (non-hydrogen) atoms. The van der Waals surface area contributed by atoms with Crippen LogP contribution in [-0.4, -0.2) is 19.0 Å². The van der Waals surface area contributed by atoms with Crippen LogP contribution >= 0.6 is 11.8 Å². The Morgan fingerprint density at radius 1 is 1.04 bits per heavy atom. The zero-order valence-corrected chi connectivity index (χ0v) is 15.0. The summed E-state index contributed by atoms with van der Waals surface area (Å²) in [7, 11) is 2.18. The first kappa shape index (κ1) is 15.4. The summed E-state index contributed by atoms with van der Waals surface area (Å²) in [6.07, 6.45) is 8.03. The first-order valence-corrected chi connectivity index (χ1v) is 9.40. The molecule has 0 aromatic heterocycles. The van der Waals surface area contributed by atoms with Gasteiger partial charge in [-0.2, -0.15) is 0 Å². The molecule has 2 aromatic carbocycles. The average Bonchev–Trinajstić information content (AvgIpc) is 2.93. The van der Waals surface area contributed by atoms with Gasteiger partial charge in [0.15, 0.2) is 0 Å². The van der Waals surface area contributed by atoms with E-state index in [1.165, 1.54) is 27.4 Å². The average molecular weight is 334 g/mol. The highest BCUT2D eigenvalue weighted by Crippen LogP contribution is 2.44. The lowest BCUT2D eigenvalue weighted by Gasteiger charge is -2.28. The lowest BCUT2D eigenvalue weighted by molar-refractivity contribution is 0.876. The highest BCUT2D eigenvalue weighted by molar-refractivity contribution is 8.00. The second-order valence-electron chi connectivity index (χ2n) is 6.24. The molecule has 3 heteroatoms. The summed E-state index contributed by atoms with van der Waals surface area (Å²) < 4.78 is 0. The molecule has 0 aliphatic carbocycles. The van der Waals surface area contributed by atoms with E-state index in [0.29, 0.717) is 5.37 Å². The Kier molecular flexibility index (Phi) is 4.11. The van der Waals surface area contributed by atoms with E-state index in [4.69, 9.17) is 0 Å². The SMILES string of the molecule is CCCN1C=C/C(=C/C2Sc3ccccc3N2C)c2ccccc21. The number of benzene rings is 2. The Balaban J connectivity index is 1.68. The van der Waals surface area contributed by atoms with Crippen molar-refractivity contribution in [3.05, 3.63) is 72.4 Å². The van der Waals surface area contributed by atoms with Gasteiger partial charge >= 0.3 is 0 Å². The number of anilines is 2. The molecule has 2 aliphatic rings. The van der Waals surface area contributed by atoms with Crippen LogP contribution in [0, 0.1) is 0 Å². The first-order chi connectivity index (χ1) is 11.8. The Morgan fingerprint density at radius 3 is 2.58 bits per heavy atom. The van der Waals surface area contributed by atoms with Gasteiger partial charge < -0.3 is 9.80 Å². The molecule has 1 atom stereocenters. The van der Waals surface area contributed by atoms with Gasteiger partial charge in [-0.3, -0.25) is 0 Å². The highest BCUT2D eigenvalue weighted by Gasteiger charge is 2.26. The highest BCUT2D eigenvalue weighted by atomic mass is 32.2. The van der Waals surface area contributed by atoms with Crippen LogP contribution in [0.25, 0.3) is 5.57 Å². The quantitative estimate of drug-likeness (QED) is 0.744. The van der Waals surface area contributed by atoms with Crippen molar-refractivity contribution >= 4 is 28.7 Å². The second-order valence-corrected chi connectivity index (χ2v) is 7.39. The largest absolute Gasteiger partial charge is 0.358 e. The van der Waals surface area contributed by atoms with Crippen molar-refractivity contribution in [2.45, 2.75) is 23.6 Å². The molecule has 0 N–H and O–H groups in total. The van der Waals surface area contributed by atoms with Gasteiger partial charge in [-0.15, -0.1) is 0 Å². The maximum Gasteiger partial charge on any atom is 0.0988 e. The van der Waals surface area contributed by atoms with Gasteiger partial charge in [0.2, 0.25) is 0 Å². The van der Waals surface area contributed by atoms with Crippen LogP contribution in [0.2, 0.25) is 0 Å². The summed E-state index contributed by atoms with van der Waals surface area (Å²) in [5.41, 5.74) is 5.29. The minimum Gasteiger partial charge on any atom is -0.358 e. The number of likely N-dealkylation sites (N-methyl/N-ethyl adjacent to an activating group) is 1. The molecule has 0 saturated carbocycles. The van der Waals surface area contributed by atoms with Crippen molar-refractivity contribution in [3.63, 3.8) is 0 Å². The van der Waals surface area contributed by atoms with Crippen LogP contribution < -0.4 is 9.80 Å². The standard InChI is InChI=1S/C21H22N2S/c1-3-13-23-14-12-16(17-8-4-5-9-18(17)23)15-21-22(2)19-10-6-7-11-20(19)24-21/h4-12,14-15,21H,3,13H2,1-2H3/b16-15-. The third-order valence-electron chi connectivity index (χ3n) is 4.62. The van der Waals surface area contributed by atoms with Crippen LogP contribution in [0.3, 0.4) is 0 Å². The fraction of sp³-hybridized carbons (Fsp3) is 0.238. The number of fused-ring (bicyclic) bond motifs is 2. The van der Waals surface area contributed by atoms with E-state index in [1.807, 2.05) is 11.8 Å². The zero-order valence-electron chi connectivity index (χ0n) is 14.1. The number of para-hydroxylation sites is 2. The molecule has 0 amide bonds. The van der Waals surface area contributed by atoms with Gasteiger partial charge in [-0.25, -0.2) is 0 Å². The van der Waals surface area contributed by atoms with Gasteiger partial charge in [0.05, 0.1) is 11.1 Å². The number of thioether (sulfide) groups is 1. The Bertz CT molecular complexity index is 809. The van der Waals surface area contributed by atoms with E-state index >= 15 is 0 Å². The van der Waals surface area contributed by atoms with E-state index in [-0.39, 0.29) is 0 Å². The summed E-state index contributed by atoms with van der Waals surface area (Å²) in [5.74, 6) is 0. The number of hydrogen-bond donors (Lipinski definition) is 0. The molecule has 0 fully saturated rings. The second kappa shape index (κ2) is 6.40. The van der Waals surface area contributed by atoms with E-state index in [1.54, 1.807) is 0 Å². The molecule has 122 valence electrons. The molecule has 0 radical (unpaired) electrons. The number of nitrogens with zero attached hydrogens (tertiary/aromatic N) is 2. The van der Waals surface area contributed by atoms with Crippen molar-refractivity contribution in [2.24, 2.45) is 0 Å². The van der Waals surface area contributed by atoms with E-state index in [2.05, 4.69) is 90.7 Å². The maximum absolute atomic E-state index is 2.39. The molecule has 0 saturated heterocycles.